The Balaban J connectivity index is 2.25. The number of aromatic amines is 1. The first kappa shape index (κ1) is 16.2. The summed E-state index contributed by atoms with van der Waals surface area (Å²) in [6.45, 7) is 0.497. The minimum Gasteiger partial charge on any atom is -0.469 e. The Morgan fingerprint density at radius 1 is 1.35 bits per heavy atom. The van der Waals surface area contributed by atoms with E-state index in [1.807, 2.05) is 0 Å². The molecule has 0 aromatic carbocycles. The van der Waals surface area contributed by atoms with E-state index >= 15 is 0 Å². The van der Waals surface area contributed by atoms with E-state index in [1.54, 1.807) is 0 Å². The first-order valence-corrected chi connectivity index (χ1v) is 6.65. The highest BCUT2D eigenvalue weighted by atomic mass is 35.5. The van der Waals surface area contributed by atoms with E-state index in [1.165, 1.54) is 19.4 Å². The maximum atomic E-state index is 11.7. The van der Waals surface area contributed by atoms with Crippen molar-refractivity contribution < 1.29 is 14.3 Å². The highest BCUT2D eigenvalue weighted by Gasteiger charge is 2.07. The molecule has 0 saturated carbocycles. The topological polar surface area (TPSA) is 88.3 Å². The number of pyridine rings is 1. The van der Waals surface area contributed by atoms with Crippen molar-refractivity contribution in [2.75, 3.05) is 13.7 Å². The molecule has 0 radical (unpaired) electrons. The van der Waals surface area contributed by atoms with Crippen LogP contribution in [0.4, 0.5) is 0 Å². The van der Waals surface area contributed by atoms with E-state index in [2.05, 4.69) is 15.0 Å². The Kier molecular flexibility index (Phi) is 6.79. The first-order valence-electron chi connectivity index (χ1n) is 6.28. The van der Waals surface area contributed by atoms with E-state index in [4.69, 9.17) is 11.6 Å². The maximum absolute atomic E-state index is 11.7. The average molecular weight is 301 g/mol. The molecule has 1 rings (SSSR count). The van der Waals surface area contributed by atoms with Gasteiger partial charge in [-0.3, -0.25) is 14.4 Å². The number of methoxy groups -OCH3 is 1. The molecular weight excluding hydrogens is 284 g/mol. The highest BCUT2D eigenvalue weighted by molar-refractivity contribution is 6.30. The molecule has 0 saturated heterocycles. The molecule has 110 valence electrons. The summed E-state index contributed by atoms with van der Waals surface area (Å²) in [5.41, 5.74) is -0.116. The van der Waals surface area contributed by atoms with Crippen molar-refractivity contribution in [2.45, 2.75) is 25.7 Å². The molecule has 0 atom stereocenters. The summed E-state index contributed by atoms with van der Waals surface area (Å²) < 4.78 is 4.52. The molecule has 0 aliphatic heterocycles. The first-order chi connectivity index (χ1) is 9.54. The highest BCUT2D eigenvalue weighted by Crippen LogP contribution is 2.04. The number of nitrogens with one attached hydrogen (secondary N) is 2. The summed E-state index contributed by atoms with van der Waals surface area (Å²) in [7, 11) is 1.36. The van der Waals surface area contributed by atoms with Gasteiger partial charge in [-0.15, -0.1) is 0 Å². The molecule has 1 aromatic rings. The summed E-state index contributed by atoms with van der Waals surface area (Å²) >= 11 is 5.64. The Morgan fingerprint density at radius 3 is 2.75 bits per heavy atom. The normalized spacial score (nSPS) is 10.1. The molecule has 0 aliphatic rings. The van der Waals surface area contributed by atoms with Gasteiger partial charge in [0.1, 0.15) is 5.02 Å². The van der Waals surface area contributed by atoms with Crippen molar-refractivity contribution >= 4 is 23.5 Å². The number of ether oxygens (including phenoxy) is 1. The van der Waals surface area contributed by atoms with Gasteiger partial charge in [0, 0.05) is 19.2 Å². The van der Waals surface area contributed by atoms with Gasteiger partial charge in [0.25, 0.3) is 11.5 Å². The summed E-state index contributed by atoms with van der Waals surface area (Å²) in [6.07, 6.45) is 4.02. The number of hydrogen-bond donors (Lipinski definition) is 2. The lowest BCUT2D eigenvalue weighted by atomic mass is 10.2. The van der Waals surface area contributed by atoms with Gasteiger partial charge in [-0.25, -0.2) is 0 Å². The van der Waals surface area contributed by atoms with E-state index in [-0.39, 0.29) is 16.9 Å². The zero-order chi connectivity index (χ0) is 15.0. The minimum atomic E-state index is -0.425. The SMILES string of the molecule is COC(=O)CCCCCNC(=O)c1c[nH]c(=O)c(Cl)c1. The van der Waals surface area contributed by atoms with Gasteiger partial charge in [0.05, 0.1) is 12.7 Å². The minimum absolute atomic E-state index is 0.0178. The number of carbonyl (C=O) groups is 2. The van der Waals surface area contributed by atoms with Gasteiger partial charge in [-0.05, 0) is 18.9 Å². The molecule has 6 nitrogen and oxygen atoms in total. The number of carbonyl (C=O) groups excluding carboxylic acids is 2. The zero-order valence-corrected chi connectivity index (χ0v) is 12.0. The molecule has 7 heteroatoms. The van der Waals surface area contributed by atoms with Crippen LogP contribution in [-0.4, -0.2) is 30.5 Å². The zero-order valence-electron chi connectivity index (χ0n) is 11.2. The third kappa shape index (κ3) is 5.44. The fourth-order valence-corrected chi connectivity index (χ4v) is 1.74. The summed E-state index contributed by atoms with van der Waals surface area (Å²) in [6, 6.07) is 1.33. The molecule has 20 heavy (non-hydrogen) atoms. The van der Waals surface area contributed by atoms with Crippen molar-refractivity contribution in [1.29, 1.82) is 0 Å². The fourth-order valence-electron chi connectivity index (χ4n) is 1.56. The van der Waals surface area contributed by atoms with Crippen molar-refractivity contribution in [3.8, 4) is 0 Å². The Bertz CT molecular complexity index is 527. The molecule has 1 aromatic heterocycles. The molecule has 0 aliphatic carbocycles. The van der Waals surface area contributed by atoms with Gasteiger partial charge in [0.15, 0.2) is 0 Å². The van der Waals surface area contributed by atoms with Gasteiger partial charge in [0.2, 0.25) is 0 Å². The maximum Gasteiger partial charge on any atom is 0.305 e. The van der Waals surface area contributed by atoms with Crippen LogP contribution in [0.2, 0.25) is 5.02 Å². The van der Waals surface area contributed by atoms with Crippen LogP contribution in [0.5, 0.6) is 0 Å². The van der Waals surface area contributed by atoms with Crippen molar-refractivity contribution in [3.05, 3.63) is 33.2 Å². The Hall–Kier alpha value is -1.82. The molecular formula is C13H17ClN2O4. The second kappa shape index (κ2) is 8.37. The number of H-pyrrole nitrogens is 1. The lowest BCUT2D eigenvalue weighted by molar-refractivity contribution is -0.140. The molecule has 2 N–H and O–H groups in total. The van der Waals surface area contributed by atoms with Gasteiger partial charge < -0.3 is 15.0 Å². The van der Waals surface area contributed by atoms with Gasteiger partial charge in [-0.2, -0.15) is 0 Å². The number of halogens is 1. The molecule has 1 heterocycles. The lowest BCUT2D eigenvalue weighted by Crippen LogP contribution is -2.25. The number of aromatic nitrogens is 1. The van der Waals surface area contributed by atoms with Gasteiger partial charge in [-0.1, -0.05) is 18.0 Å². The fraction of sp³-hybridized carbons (Fsp3) is 0.462. The van der Waals surface area contributed by atoms with Crippen LogP contribution in [0.1, 0.15) is 36.0 Å². The van der Waals surface area contributed by atoms with E-state index in [0.717, 1.165) is 19.3 Å². The average Bonchev–Trinajstić information content (AvgIpc) is 2.44. The van der Waals surface area contributed by atoms with Crippen LogP contribution >= 0.6 is 11.6 Å². The predicted octanol–water partition coefficient (Wildman–Crippen LogP) is 1.49. The number of hydrogen-bond acceptors (Lipinski definition) is 4. The van der Waals surface area contributed by atoms with Crippen LogP contribution in [0.3, 0.4) is 0 Å². The van der Waals surface area contributed by atoms with Crippen molar-refractivity contribution in [1.82, 2.24) is 10.3 Å². The largest absolute Gasteiger partial charge is 0.469 e. The van der Waals surface area contributed by atoms with Crippen LogP contribution in [0.15, 0.2) is 17.1 Å². The molecule has 0 unspecified atom stereocenters. The number of unbranched alkanes of at least 4 members (excludes halogenated alkanes) is 2. The third-order valence-corrected chi connectivity index (χ3v) is 2.97. The quantitative estimate of drug-likeness (QED) is 0.590. The summed E-state index contributed by atoms with van der Waals surface area (Å²) in [5.74, 6) is -0.520. The number of esters is 1. The van der Waals surface area contributed by atoms with Crippen molar-refractivity contribution in [2.24, 2.45) is 0 Å². The lowest BCUT2D eigenvalue weighted by Gasteiger charge is -2.05. The molecule has 0 spiro atoms. The number of amides is 1. The monoisotopic (exact) mass is 300 g/mol. The van der Waals surface area contributed by atoms with Crippen LogP contribution in [-0.2, 0) is 9.53 Å². The summed E-state index contributed by atoms with van der Waals surface area (Å²) in [4.78, 5) is 36.0. The van der Waals surface area contributed by atoms with E-state index < -0.39 is 5.56 Å². The van der Waals surface area contributed by atoms with Crippen LogP contribution in [0.25, 0.3) is 0 Å². The van der Waals surface area contributed by atoms with E-state index in [9.17, 15) is 14.4 Å². The van der Waals surface area contributed by atoms with Crippen LogP contribution in [0, 0.1) is 0 Å². The molecule has 1 amide bonds. The Morgan fingerprint density at radius 2 is 2.10 bits per heavy atom. The third-order valence-electron chi connectivity index (χ3n) is 2.69. The smallest absolute Gasteiger partial charge is 0.305 e. The van der Waals surface area contributed by atoms with Crippen molar-refractivity contribution in [3.63, 3.8) is 0 Å². The van der Waals surface area contributed by atoms with E-state index in [0.29, 0.717) is 18.5 Å². The standard InChI is InChI=1S/C13H17ClN2O4/c1-20-11(17)5-3-2-4-6-15-12(18)9-7-10(14)13(19)16-8-9/h7-8H,2-6H2,1H3,(H,15,18)(H,16,19). The number of rotatable bonds is 7. The second-order valence-corrected chi connectivity index (χ2v) is 4.62. The molecule has 0 fully saturated rings. The summed E-state index contributed by atoms with van der Waals surface area (Å²) in [5, 5.41) is 2.69. The van der Waals surface area contributed by atoms with Gasteiger partial charge >= 0.3 is 5.97 Å². The Labute approximate surface area is 121 Å². The second-order valence-electron chi connectivity index (χ2n) is 4.21. The van der Waals surface area contributed by atoms with Crippen LogP contribution < -0.4 is 10.9 Å². The predicted molar refractivity (Wildman–Crippen MR) is 74.9 cm³/mol. The molecule has 0 bridgehead atoms.